The van der Waals surface area contributed by atoms with Crippen LogP contribution in [0.4, 0.5) is 20.6 Å². The molecule has 2 aromatic rings. The van der Waals surface area contributed by atoms with Crippen LogP contribution in [0.1, 0.15) is 10.4 Å². The number of nitrogens with one attached hydrogen (secondary N) is 1. The van der Waals surface area contributed by atoms with Gasteiger partial charge in [-0.05, 0) is 36.4 Å². The average Bonchev–Trinajstić information content (AvgIpc) is 3.07. The summed E-state index contributed by atoms with van der Waals surface area (Å²) in [6.45, 7) is 0.575. The Morgan fingerprint density at radius 1 is 1.26 bits per heavy atom. The number of esters is 1. The van der Waals surface area contributed by atoms with Crippen molar-refractivity contribution in [3.05, 3.63) is 53.8 Å². The van der Waals surface area contributed by atoms with Crippen LogP contribution < -0.4 is 9.62 Å². The van der Waals surface area contributed by atoms with E-state index in [1.54, 1.807) is 12.1 Å². The number of carbonyl (C=O) groups excluding carboxylic acids is 2. The number of anilines is 2. The van der Waals surface area contributed by atoms with Crippen LogP contribution in [-0.2, 0) is 19.5 Å². The molecule has 0 atom stereocenters. The first-order chi connectivity index (χ1) is 12.8. The van der Waals surface area contributed by atoms with Crippen LogP contribution in [0.2, 0.25) is 0 Å². The van der Waals surface area contributed by atoms with E-state index in [1.165, 1.54) is 17.0 Å². The van der Waals surface area contributed by atoms with Gasteiger partial charge in [-0.3, -0.25) is 9.62 Å². The number of ether oxygens (including phenoxy) is 2. The maximum atomic E-state index is 14.1. The molecular formula is C17H15FN2O6S. The van der Waals surface area contributed by atoms with E-state index >= 15 is 0 Å². The molecule has 0 saturated carbocycles. The van der Waals surface area contributed by atoms with Gasteiger partial charge in [-0.25, -0.2) is 22.4 Å². The monoisotopic (exact) mass is 394 g/mol. The van der Waals surface area contributed by atoms with Crippen molar-refractivity contribution in [1.29, 1.82) is 0 Å². The van der Waals surface area contributed by atoms with Crippen molar-refractivity contribution >= 4 is 33.5 Å². The molecule has 1 aliphatic heterocycles. The Kier molecular flexibility index (Phi) is 5.00. The smallest absolute Gasteiger partial charge is 0.414 e. The molecule has 1 heterocycles. The maximum Gasteiger partial charge on any atom is 0.414 e. The summed E-state index contributed by atoms with van der Waals surface area (Å²) in [6, 6.07) is 8.92. The lowest BCUT2D eigenvalue weighted by Crippen LogP contribution is -2.23. The highest BCUT2D eigenvalue weighted by molar-refractivity contribution is 7.92. The minimum atomic E-state index is -4.33. The van der Waals surface area contributed by atoms with Gasteiger partial charge in [-0.2, -0.15) is 0 Å². The summed E-state index contributed by atoms with van der Waals surface area (Å²) in [5.74, 6) is -1.81. The normalized spacial score (nSPS) is 14.0. The Morgan fingerprint density at radius 3 is 2.70 bits per heavy atom. The van der Waals surface area contributed by atoms with Crippen molar-refractivity contribution in [2.75, 3.05) is 29.9 Å². The molecule has 27 heavy (non-hydrogen) atoms. The van der Waals surface area contributed by atoms with Crippen molar-refractivity contribution in [1.82, 2.24) is 0 Å². The molecule has 1 N–H and O–H groups in total. The first-order valence-electron chi connectivity index (χ1n) is 7.77. The third kappa shape index (κ3) is 3.85. The zero-order chi connectivity index (χ0) is 19.6. The van der Waals surface area contributed by atoms with Crippen LogP contribution in [-0.4, -0.2) is 40.7 Å². The van der Waals surface area contributed by atoms with Gasteiger partial charge in [0.05, 0.1) is 24.9 Å². The van der Waals surface area contributed by atoms with Crippen molar-refractivity contribution in [3.63, 3.8) is 0 Å². The lowest BCUT2D eigenvalue weighted by Gasteiger charge is -2.15. The molecule has 2 aromatic carbocycles. The minimum Gasteiger partial charge on any atom is -0.465 e. The first-order valence-corrected chi connectivity index (χ1v) is 9.25. The van der Waals surface area contributed by atoms with E-state index in [0.29, 0.717) is 12.2 Å². The van der Waals surface area contributed by atoms with Gasteiger partial charge in [0.1, 0.15) is 17.3 Å². The number of halogens is 1. The minimum absolute atomic E-state index is 0.104. The SMILES string of the molecule is COC(=O)c1ccc(F)c(S(=O)(=O)Nc2cccc(N3CCOC3=O)c2)c1. The molecule has 1 aliphatic rings. The van der Waals surface area contributed by atoms with Crippen LogP contribution in [0.3, 0.4) is 0 Å². The van der Waals surface area contributed by atoms with E-state index in [9.17, 15) is 22.4 Å². The molecule has 10 heteroatoms. The third-order valence-electron chi connectivity index (χ3n) is 3.81. The van der Waals surface area contributed by atoms with Gasteiger partial charge in [0.25, 0.3) is 10.0 Å². The summed E-state index contributed by atoms with van der Waals surface area (Å²) in [5, 5.41) is 0. The molecule has 0 radical (unpaired) electrons. The van der Waals surface area contributed by atoms with E-state index in [-0.39, 0.29) is 17.9 Å². The predicted octanol–water partition coefficient (Wildman–Crippen LogP) is 2.37. The number of rotatable bonds is 5. The quantitative estimate of drug-likeness (QED) is 0.781. The van der Waals surface area contributed by atoms with Crippen LogP contribution in [0.25, 0.3) is 0 Å². The number of cyclic esters (lactones) is 1. The zero-order valence-electron chi connectivity index (χ0n) is 14.1. The van der Waals surface area contributed by atoms with Gasteiger partial charge < -0.3 is 9.47 Å². The summed E-state index contributed by atoms with van der Waals surface area (Å²) >= 11 is 0. The molecule has 142 valence electrons. The summed E-state index contributed by atoms with van der Waals surface area (Å²) in [6.07, 6.45) is -0.535. The second kappa shape index (κ2) is 7.23. The van der Waals surface area contributed by atoms with E-state index in [4.69, 9.17) is 4.74 Å². The van der Waals surface area contributed by atoms with Crippen LogP contribution in [0.15, 0.2) is 47.4 Å². The first kappa shape index (κ1) is 18.6. The molecule has 3 rings (SSSR count). The van der Waals surface area contributed by atoms with Crippen LogP contribution in [0, 0.1) is 5.82 Å². The van der Waals surface area contributed by atoms with Gasteiger partial charge >= 0.3 is 12.1 Å². The molecular weight excluding hydrogens is 379 g/mol. The highest BCUT2D eigenvalue weighted by atomic mass is 32.2. The summed E-state index contributed by atoms with van der Waals surface area (Å²) in [7, 11) is -3.20. The van der Waals surface area contributed by atoms with Crippen LogP contribution in [0.5, 0.6) is 0 Å². The number of methoxy groups -OCH3 is 1. The predicted molar refractivity (Wildman–Crippen MR) is 93.7 cm³/mol. The Bertz CT molecular complexity index is 1010. The van der Waals surface area contributed by atoms with E-state index in [2.05, 4.69) is 9.46 Å². The summed E-state index contributed by atoms with van der Waals surface area (Å²) in [4.78, 5) is 23.9. The van der Waals surface area contributed by atoms with Gasteiger partial charge in [0.15, 0.2) is 0 Å². The Morgan fingerprint density at radius 2 is 2.04 bits per heavy atom. The average molecular weight is 394 g/mol. The van der Waals surface area contributed by atoms with E-state index in [1.807, 2.05) is 0 Å². The summed E-state index contributed by atoms with van der Waals surface area (Å²) < 4.78 is 50.8. The molecule has 1 amide bonds. The molecule has 0 aliphatic carbocycles. The molecule has 8 nitrogen and oxygen atoms in total. The lowest BCUT2D eigenvalue weighted by atomic mass is 10.2. The number of sulfonamides is 1. The van der Waals surface area contributed by atoms with Crippen LogP contribution >= 0.6 is 0 Å². The van der Waals surface area contributed by atoms with E-state index < -0.39 is 32.8 Å². The standard InChI is InChI=1S/C17H15FN2O6S/c1-25-16(21)11-5-6-14(18)15(9-11)27(23,24)19-12-3-2-4-13(10-12)20-7-8-26-17(20)22/h2-6,9-10,19H,7-8H2,1H3. The second-order valence-corrected chi connectivity index (χ2v) is 7.21. The molecule has 1 saturated heterocycles. The number of hydrogen-bond donors (Lipinski definition) is 1. The largest absolute Gasteiger partial charge is 0.465 e. The Labute approximate surface area is 154 Å². The van der Waals surface area contributed by atoms with Crippen molar-refractivity contribution in [2.24, 2.45) is 0 Å². The number of carbonyl (C=O) groups is 2. The highest BCUT2D eigenvalue weighted by Crippen LogP contribution is 2.25. The number of benzene rings is 2. The third-order valence-corrected chi connectivity index (χ3v) is 5.21. The molecule has 1 fully saturated rings. The van der Waals surface area contributed by atoms with Gasteiger partial charge in [-0.1, -0.05) is 6.07 Å². The number of amides is 1. The second-order valence-electron chi connectivity index (χ2n) is 5.56. The summed E-state index contributed by atoms with van der Waals surface area (Å²) in [5.41, 5.74) is 0.449. The Hall–Kier alpha value is -3.14. The number of nitrogens with zero attached hydrogens (tertiary/aromatic N) is 1. The molecule has 0 aromatic heterocycles. The molecule has 0 bridgehead atoms. The van der Waals surface area contributed by atoms with Gasteiger partial charge in [0, 0.05) is 5.69 Å². The zero-order valence-corrected chi connectivity index (χ0v) is 15.0. The fraction of sp³-hybridized carbons (Fsp3) is 0.176. The lowest BCUT2D eigenvalue weighted by molar-refractivity contribution is 0.0600. The fourth-order valence-electron chi connectivity index (χ4n) is 2.53. The van der Waals surface area contributed by atoms with Gasteiger partial charge in [-0.15, -0.1) is 0 Å². The fourth-order valence-corrected chi connectivity index (χ4v) is 3.68. The Balaban J connectivity index is 1.91. The highest BCUT2D eigenvalue weighted by Gasteiger charge is 2.25. The van der Waals surface area contributed by atoms with Crippen molar-refractivity contribution < 1.29 is 31.9 Å². The molecule has 0 spiro atoms. The molecule has 0 unspecified atom stereocenters. The van der Waals surface area contributed by atoms with E-state index in [0.717, 1.165) is 25.3 Å². The number of hydrogen-bond acceptors (Lipinski definition) is 6. The maximum absolute atomic E-state index is 14.1. The topological polar surface area (TPSA) is 102 Å². The van der Waals surface area contributed by atoms with Crippen molar-refractivity contribution in [3.8, 4) is 0 Å². The van der Waals surface area contributed by atoms with Crippen molar-refractivity contribution in [2.45, 2.75) is 4.90 Å². The van der Waals surface area contributed by atoms with Gasteiger partial charge in [0.2, 0.25) is 0 Å².